The lowest BCUT2D eigenvalue weighted by Gasteiger charge is -2.11. The quantitative estimate of drug-likeness (QED) is 0.700. The molecule has 3 rings (SSSR count). The van der Waals surface area contributed by atoms with E-state index in [-0.39, 0.29) is 10.9 Å². The summed E-state index contributed by atoms with van der Waals surface area (Å²) >= 11 is 0. The first-order valence-corrected chi connectivity index (χ1v) is 7.73. The van der Waals surface area contributed by atoms with Gasteiger partial charge in [-0.1, -0.05) is 0 Å². The summed E-state index contributed by atoms with van der Waals surface area (Å²) in [5.41, 5.74) is 2.43. The van der Waals surface area contributed by atoms with E-state index in [1.165, 1.54) is 25.3 Å². The second kappa shape index (κ2) is 6.91. The number of nitrogens with one attached hydrogen (secondary N) is 2. The van der Waals surface area contributed by atoms with E-state index >= 15 is 0 Å². The minimum absolute atomic E-state index is 0.0552. The zero-order valence-corrected chi connectivity index (χ0v) is 14.4. The number of halogens is 2. The number of aromatic nitrogens is 3. The fourth-order valence-corrected chi connectivity index (χ4v) is 2.57. The first-order chi connectivity index (χ1) is 12.4. The molecule has 0 aliphatic rings. The number of aryl methyl sites for hydroxylation is 2. The van der Waals surface area contributed by atoms with E-state index in [0.29, 0.717) is 22.8 Å². The van der Waals surface area contributed by atoms with Crippen molar-refractivity contribution in [2.24, 2.45) is 0 Å². The highest BCUT2D eigenvalue weighted by atomic mass is 19.1. The Labute approximate surface area is 147 Å². The first kappa shape index (κ1) is 17.5. The number of rotatable bonds is 4. The topological polar surface area (TPSA) is 79.9 Å². The number of aromatic amines is 1. The summed E-state index contributed by atoms with van der Waals surface area (Å²) < 4.78 is 32.5. The van der Waals surface area contributed by atoms with E-state index in [4.69, 9.17) is 4.74 Å². The van der Waals surface area contributed by atoms with E-state index in [2.05, 4.69) is 20.5 Å². The summed E-state index contributed by atoms with van der Waals surface area (Å²) in [5.74, 6) is -1.42. The lowest BCUT2D eigenvalue weighted by Crippen LogP contribution is -2.11. The molecule has 0 spiro atoms. The molecule has 134 valence electrons. The van der Waals surface area contributed by atoms with Gasteiger partial charge in [-0.25, -0.2) is 9.37 Å². The molecule has 8 heteroatoms. The van der Waals surface area contributed by atoms with E-state index in [1.807, 2.05) is 6.92 Å². The van der Waals surface area contributed by atoms with Crippen molar-refractivity contribution < 1.29 is 18.3 Å². The molecule has 0 atom stereocenters. The lowest BCUT2D eigenvalue weighted by molar-refractivity contribution is -0.111. The van der Waals surface area contributed by atoms with Crippen LogP contribution in [0, 0.1) is 25.6 Å². The average Bonchev–Trinajstić information content (AvgIpc) is 2.96. The number of benzene rings is 1. The predicted octanol–water partition coefficient (Wildman–Crippen LogP) is 3.51. The van der Waals surface area contributed by atoms with Crippen molar-refractivity contribution in [2.45, 2.75) is 13.8 Å². The van der Waals surface area contributed by atoms with Gasteiger partial charge in [0.1, 0.15) is 5.82 Å². The maximum atomic E-state index is 14.1. The van der Waals surface area contributed by atoms with Gasteiger partial charge in [0.05, 0.1) is 29.4 Å². The molecule has 2 N–H and O–H groups in total. The number of anilines is 1. The maximum absolute atomic E-state index is 14.1. The van der Waals surface area contributed by atoms with Crippen LogP contribution in [0.1, 0.15) is 16.8 Å². The molecule has 0 fully saturated rings. The number of amides is 1. The minimum atomic E-state index is -0.773. The Hall–Kier alpha value is -3.29. The molecule has 0 saturated carbocycles. The molecule has 0 bridgehead atoms. The minimum Gasteiger partial charge on any atom is -0.481 e. The Morgan fingerprint density at radius 3 is 2.73 bits per heavy atom. The van der Waals surface area contributed by atoms with Crippen molar-refractivity contribution in [3.05, 3.63) is 52.9 Å². The Balaban J connectivity index is 1.81. The van der Waals surface area contributed by atoms with Gasteiger partial charge in [0.2, 0.25) is 17.7 Å². The monoisotopic (exact) mass is 358 g/mol. The highest BCUT2D eigenvalue weighted by Gasteiger charge is 2.11. The van der Waals surface area contributed by atoms with Gasteiger partial charge in [-0.2, -0.15) is 4.39 Å². The number of nitrogens with zero attached hydrogens (tertiary/aromatic N) is 2. The van der Waals surface area contributed by atoms with Crippen LogP contribution >= 0.6 is 0 Å². The van der Waals surface area contributed by atoms with Crippen LogP contribution in [0.4, 0.5) is 14.5 Å². The molecule has 3 aromatic rings. The number of H-pyrrole nitrogens is 1. The number of fused-ring (bicyclic) bond motifs is 1. The number of carbonyl (C=O) groups excluding carboxylic acids is 1. The van der Waals surface area contributed by atoms with E-state index in [1.54, 1.807) is 13.0 Å². The van der Waals surface area contributed by atoms with Crippen molar-refractivity contribution in [1.82, 2.24) is 15.2 Å². The van der Waals surface area contributed by atoms with Gasteiger partial charge >= 0.3 is 0 Å². The molecule has 0 aliphatic heterocycles. The third-order valence-electron chi connectivity index (χ3n) is 3.88. The normalized spacial score (nSPS) is 11.3. The number of hydrogen-bond acceptors (Lipinski definition) is 4. The van der Waals surface area contributed by atoms with Gasteiger partial charge in [0.25, 0.3) is 0 Å². The van der Waals surface area contributed by atoms with Crippen molar-refractivity contribution in [2.75, 3.05) is 12.4 Å². The molecular weight excluding hydrogens is 342 g/mol. The fourth-order valence-electron chi connectivity index (χ4n) is 2.57. The molecule has 0 saturated heterocycles. The van der Waals surface area contributed by atoms with Crippen LogP contribution in [0.2, 0.25) is 0 Å². The van der Waals surface area contributed by atoms with Gasteiger partial charge in [-0.05, 0) is 37.6 Å². The Morgan fingerprint density at radius 2 is 2.04 bits per heavy atom. The van der Waals surface area contributed by atoms with Gasteiger partial charge in [0, 0.05) is 17.7 Å². The van der Waals surface area contributed by atoms with E-state index in [0.717, 1.165) is 11.6 Å². The highest BCUT2D eigenvalue weighted by Crippen LogP contribution is 2.23. The predicted molar refractivity (Wildman–Crippen MR) is 93.9 cm³/mol. The summed E-state index contributed by atoms with van der Waals surface area (Å²) in [6, 6.07) is 4.12. The number of hydrogen-bond donors (Lipinski definition) is 2. The smallest absolute Gasteiger partial charge is 0.248 e. The molecule has 1 amide bonds. The zero-order chi connectivity index (χ0) is 18.8. The van der Waals surface area contributed by atoms with E-state index in [9.17, 15) is 13.6 Å². The molecule has 0 aliphatic carbocycles. The lowest BCUT2D eigenvalue weighted by atomic mass is 10.1. The third kappa shape index (κ3) is 3.39. The van der Waals surface area contributed by atoms with Gasteiger partial charge in [-0.3, -0.25) is 9.89 Å². The molecule has 0 unspecified atom stereocenters. The maximum Gasteiger partial charge on any atom is 0.248 e. The van der Waals surface area contributed by atoms with Crippen LogP contribution in [0.25, 0.3) is 17.0 Å². The van der Waals surface area contributed by atoms with Crippen LogP contribution in [0.5, 0.6) is 5.88 Å². The summed E-state index contributed by atoms with van der Waals surface area (Å²) in [6.07, 6.45) is 2.50. The molecular formula is C18H16F2N4O2. The fraction of sp³-hybridized carbons (Fsp3) is 0.167. The number of methoxy groups -OCH3 is 1. The Kier molecular flexibility index (Phi) is 4.66. The number of pyridine rings is 1. The summed E-state index contributed by atoms with van der Waals surface area (Å²) in [6.45, 7) is 3.56. The molecule has 0 radical (unpaired) electrons. The van der Waals surface area contributed by atoms with Gasteiger partial charge < -0.3 is 10.1 Å². The van der Waals surface area contributed by atoms with Crippen LogP contribution < -0.4 is 10.1 Å². The van der Waals surface area contributed by atoms with Crippen molar-refractivity contribution in [3.63, 3.8) is 0 Å². The average molecular weight is 358 g/mol. The van der Waals surface area contributed by atoms with Gasteiger partial charge in [-0.15, -0.1) is 5.10 Å². The van der Waals surface area contributed by atoms with Crippen LogP contribution in [0.15, 0.2) is 24.3 Å². The Morgan fingerprint density at radius 1 is 1.27 bits per heavy atom. The molecule has 2 aromatic heterocycles. The largest absolute Gasteiger partial charge is 0.481 e. The molecule has 1 aromatic carbocycles. The summed E-state index contributed by atoms with van der Waals surface area (Å²) in [7, 11) is 1.51. The number of ether oxygens (including phenoxy) is 1. The zero-order valence-electron chi connectivity index (χ0n) is 14.4. The van der Waals surface area contributed by atoms with Crippen molar-refractivity contribution in [1.29, 1.82) is 0 Å². The van der Waals surface area contributed by atoms with E-state index < -0.39 is 17.7 Å². The Bertz CT molecular complexity index is 1000. The SMILES string of the molecule is COc1cc(C)c(NC(=O)/C=C/c2cc3[nH]nc(F)c3cc2F)c(C)n1. The number of carbonyl (C=O) groups is 1. The van der Waals surface area contributed by atoms with Crippen molar-refractivity contribution in [3.8, 4) is 5.88 Å². The van der Waals surface area contributed by atoms with Crippen LogP contribution in [-0.4, -0.2) is 28.2 Å². The van der Waals surface area contributed by atoms with Crippen LogP contribution in [0.3, 0.4) is 0 Å². The van der Waals surface area contributed by atoms with Crippen LogP contribution in [-0.2, 0) is 4.79 Å². The molecule has 2 heterocycles. The second-order valence-electron chi connectivity index (χ2n) is 5.70. The third-order valence-corrected chi connectivity index (χ3v) is 3.88. The second-order valence-corrected chi connectivity index (χ2v) is 5.70. The summed E-state index contributed by atoms with van der Waals surface area (Å²) in [4.78, 5) is 16.4. The highest BCUT2D eigenvalue weighted by molar-refractivity contribution is 6.03. The van der Waals surface area contributed by atoms with Crippen molar-refractivity contribution >= 4 is 28.6 Å². The molecule has 26 heavy (non-hydrogen) atoms. The standard InChI is InChI=1S/C18H16F2N4O2/c1-9-6-16(26-3)21-10(2)17(9)22-15(25)5-4-11-7-14-12(8-13(11)19)18(20)24-23-14/h4-8H,1-3H3,(H,22,25)(H,23,24)/b5-4+. The molecule has 6 nitrogen and oxygen atoms in total. The van der Waals surface area contributed by atoms with Gasteiger partial charge in [0.15, 0.2) is 0 Å². The first-order valence-electron chi connectivity index (χ1n) is 7.73. The summed E-state index contributed by atoms with van der Waals surface area (Å²) in [5, 5.41) is 8.62.